The molecule has 0 aromatic heterocycles. The van der Waals surface area contributed by atoms with Crippen molar-refractivity contribution in [3.8, 4) is 5.75 Å². The van der Waals surface area contributed by atoms with Crippen molar-refractivity contribution < 1.29 is 14.8 Å². The summed E-state index contributed by atoms with van der Waals surface area (Å²) in [4.78, 5) is 10.4. The van der Waals surface area contributed by atoms with Gasteiger partial charge in [-0.25, -0.2) is 0 Å². The van der Waals surface area contributed by atoms with Crippen LogP contribution in [0.2, 0.25) is 0 Å². The number of aliphatic hydroxyl groups is 1. The Balaban J connectivity index is 2.21. The molecule has 1 aliphatic carbocycles. The number of rotatable bonds is 3. The van der Waals surface area contributed by atoms with Crippen LogP contribution in [0.15, 0.2) is 18.2 Å². The summed E-state index contributed by atoms with van der Waals surface area (Å²) in [5.41, 5.74) is 0.733. The number of nitro benzene ring substituents is 1. The van der Waals surface area contributed by atoms with Crippen molar-refractivity contribution in [2.45, 2.75) is 32.0 Å². The van der Waals surface area contributed by atoms with E-state index in [1.165, 1.54) is 6.07 Å². The molecule has 0 radical (unpaired) electrons. The number of hydrogen-bond donors (Lipinski definition) is 1. The maximum atomic E-state index is 10.8. The Hall–Kier alpha value is -1.62. The Morgan fingerprint density at radius 3 is 2.75 bits per heavy atom. The van der Waals surface area contributed by atoms with E-state index in [1.54, 1.807) is 19.1 Å². The first-order valence-electron chi connectivity index (χ1n) is 5.16. The molecule has 0 unspecified atom stereocenters. The summed E-state index contributed by atoms with van der Waals surface area (Å²) in [6.45, 7) is 1.78. The minimum atomic E-state index is -0.447. The summed E-state index contributed by atoms with van der Waals surface area (Å²) in [5, 5.41) is 19.9. The zero-order valence-corrected chi connectivity index (χ0v) is 8.92. The van der Waals surface area contributed by atoms with Gasteiger partial charge in [-0.05, 0) is 12.5 Å². The summed E-state index contributed by atoms with van der Waals surface area (Å²) in [6.07, 6.45) is 0.666. The summed E-state index contributed by atoms with van der Waals surface area (Å²) in [7, 11) is 0. The average molecular weight is 223 g/mol. The fourth-order valence-corrected chi connectivity index (χ4v) is 1.73. The number of ether oxygens (including phenoxy) is 1. The Morgan fingerprint density at radius 2 is 2.19 bits per heavy atom. The highest BCUT2D eigenvalue weighted by molar-refractivity contribution is 5.51. The maximum absolute atomic E-state index is 10.8. The van der Waals surface area contributed by atoms with Crippen molar-refractivity contribution >= 4 is 5.69 Å². The highest BCUT2D eigenvalue weighted by atomic mass is 16.6. The smallest absolute Gasteiger partial charge is 0.311 e. The SMILES string of the molecule is Cc1cccc([N+](=O)[O-])c1OC1CC(O)C1. The van der Waals surface area contributed by atoms with Crippen LogP contribution >= 0.6 is 0 Å². The first kappa shape index (κ1) is 10.9. The van der Waals surface area contributed by atoms with Gasteiger partial charge < -0.3 is 9.84 Å². The molecule has 0 saturated heterocycles. The predicted molar refractivity (Wildman–Crippen MR) is 57.5 cm³/mol. The molecule has 1 saturated carbocycles. The van der Waals surface area contributed by atoms with Crippen molar-refractivity contribution in [1.29, 1.82) is 0 Å². The van der Waals surface area contributed by atoms with Crippen LogP contribution in [0.3, 0.4) is 0 Å². The standard InChI is InChI=1S/C11H13NO4/c1-7-3-2-4-10(12(14)15)11(7)16-9-5-8(13)6-9/h2-4,8-9,13H,5-6H2,1H3. The Labute approximate surface area is 92.8 Å². The van der Waals surface area contributed by atoms with Crippen molar-refractivity contribution in [1.82, 2.24) is 0 Å². The van der Waals surface area contributed by atoms with E-state index in [4.69, 9.17) is 9.84 Å². The van der Waals surface area contributed by atoms with Gasteiger partial charge in [-0.15, -0.1) is 0 Å². The Morgan fingerprint density at radius 1 is 1.50 bits per heavy atom. The van der Waals surface area contributed by atoms with Crippen LogP contribution in [0.5, 0.6) is 5.75 Å². The van der Waals surface area contributed by atoms with Gasteiger partial charge in [0.1, 0.15) is 6.10 Å². The molecule has 0 bridgehead atoms. The largest absolute Gasteiger partial charge is 0.483 e. The van der Waals surface area contributed by atoms with E-state index in [9.17, 15) is 10.1 Å². The van der Waals surface area contributed by atoms with Gasteiger partial charge in [0.25, 0.3) is 0 Å². The molecule has 0 aliphatic heterocycles. The summed E-state index contributed by atoms with van der Waals surface area (Å²) < 4.78 is 5.54. The molecular formula is C11H13NO4. The van der Waals surface area contributed by atoms with Gasteiger partial charge in [0.05, 0.1) is 11.0 Å². The normalized spacial score (nSPS) is 23.6. The number of aryl methyl sites for hydroxylation is 1. The Bertz CT molecular complexity index is 412. The van der Waals surface area contributed by atoms with E-state index < -0.39 is 4.92 Å². The quantitative estimate of drug-likeness (QED) is 0.626. The molecule has 1 aliphatic rings. The highest BCUT2D eigenvalue weighted by Crippen LogP contribution is 2.34. The third-order valence-electron chi connectivity index (χ3n) is 2.74. The maximum Gasteiger partial charge on any atom is 0.311 e. The summed E-state index contributed by atoms with van der Waals surface area (Å²) in [5.74, 6) is 0.324. The van der Waals surface area contributed by atoms with Crippen LogP contribution in [-0.4, -0.2) is 22.2 Å². The number of hydrogen-bond acceptors (Lipinski definition) is 4. The van der Waals surface area contributed by atoms with Crippen molar-refractivity contribution in [3.05, 3.63) is 33.9 Å². The lowest BCUT2D eigenvalue weighted by Gasteiger charge is -2.31. The van der Waals surface area contributed by atoms with E-state index in [0.717, 1.165) is 5.56 Å². The molecule has 86 valence electrons. The zero-order chi connectivity index (χ0) is 11.7. The second kappa shape index (κ2) is 4.09. The van der Waals surface area contributed by atoms with Gasteiger partial charge in [-0.2, -0.15) is 0 Å². The number of para-hydroxylation sites is 1. The van der Waals surface area contributed by atoms with Gasteiger partial charge in [0.2, 0.25) is 0 Å². The summed E-state index contributed by atoms with van der Waals surface area (Å²) >= 11 is 0. The molecule has 1 fully saturated rings. The van der Waals surface area contributed by atoms with Crippen molar-refractivity contribution in [2.24, 2.45) is 0 Å². The van der Waals surface area contributed by atoms with Crippen LogP contribution in [0.4, 0.5) is 5.69 Å². The van der Waals surface area contributed by atoms with E-state index in [2.05, 4.69) is 0 Å². The lowest BCUT2D eigenvalue weighted by atomic mass is 9.92. The van der Waals surface area contributed by atoms with Gasteiger partial charge in [-0.1, -0.05) is 12.1 Å². The molecular weight excluding hydrogens is 210 g/mol. The average Bonchev–Trinajstić information content (AvgIpc) is 2.18. The zero-order valence-electron chi connectivity index (χ0n) is 8.92. The molecule has 1 N–H and O–H groups in total. The van der Waals surface area contributed by atoms with Gasteiger partial charge >= 0.3 is 5.69 Å². The van der Waals surface area contributed by atoms with Crippen LogP contribution in [0, 0.1) is 17.0 Å². The highest BCUT2D eigenvalue weighted by Gasteiger charge is 2.31. The van der Waals surface area contributed by atoms with Crippen molar-refractivity contribution in [2.75, 3.05) is 0 Å². The molecule has 0 atom stereocenters. The van der Waals surface area contributed by atoms with E-state index in [1.807, 2.05) is 0 Å². The number of benzene rings is 1. The van der Waals surface area contributed by atoms with Gasteiger partial charge in [-0.3, -0.25) is 10.1 Å². The molecule has 1 aromatic carbocycles. The molecule has 0 heterocycles. The lowest BCUT2D eigenvalue weighted by molar-refractivity contribution is -0.386. The minimum absolute atomic E-state index is 0.0126. The monoisotopic (exact) mass is 223 g/mol. The molecule has 1 aromatic rings. The van der Waals surface area contributed by atoms with Crippen LogP contribution in [-0.2, 0) is 0 Å². The van der Waals surface area contributed by atoms with Crippen LogP contribution in [0.25, 0.3) is 0 Å². The van der Waals surface area contributed by atoms with Crippen LogP contribution in [0.1, 0.15) is 18.4 Å². The predicted octanol–water partition coefficient (Wildman–Crippen LogP) is 1.81. The molecule has 0 amide bonds. The van der Waals surface area contributed by atoms with Gasteiger partial charge in [0, 0.05) is 18.9 Å². The number of nitrogens with zero attached hydrogens (tertiary/aromatic N) is 1. The molecule has 16 heavy (non-hydrogen) atoms. The number of nitro groups is 1. The molecule has 5 heteroatoms. The summed E-state index contributed by atoms with van der Waals surface area (Å²) in [6, 6.07) is 4.84. The van der Waals surface area contributed by atoms with Gasteiger partial charge in [0.15, 0.2) is 5.75 Å². The minimum Gasteiger partial charge on any atom is -0.483 e. The van der Waals surface area contributed by atoms with E-state index in [0.29, 0.717) is 18.6 Å². The fraction of sp³-hybridized carbons (Fsp3) is 0.455. The fourth-order valence-electron chi connectivity index (χ4n) is 1.73. The topological polar surface area (TPSA) is 72.6 Å². The molecule has 5 nitrogen and oxygen atoms in total. The Kier molecular flexibility index (Phi) is 2.78. The van der Waals surface area contributed by atoms with E-state index in [-0.39, 0.29) is 17.9 Å². The molecule has 0 spiro atoms. The molecule has 2 rings (SSSR count). The van der Waals surface area contributed by atoms with Crippen molar-refractivity contribution in [3.63, 3.8) is 0 Å². The second-order valence-electron chi connectivity index (χ2n) is 4.05. The van der Waals surface area contributed by atoms with Crippen LogP contribution < -0.4 is 4.74 Å². The lowest BCUT2D eigenvalue weighted by Crippen LogP contribution is -2.37. The third-order valence-corrected chi connectivity index (χ3v) is 2.74. The second-order valence-corrected chi connectivity index (χ2v) is 4.05. The first-order chi connectivity index (χ1) is 7.58. The number of aliphatic hydroxyl groups excluding tert-OH is 1. The van der Waals surface area contributed by atoms with E-state index >= 15 is 0 Å². The third kappa shape index (κ3) is 1.99. The first-order valence-corrected chi connectivity index (χ1v) is 5.16.